The Hall–Kier alpha value is -0.470. The minimum atomic E-state index is 0.488. The predicted octanol–water partition coefficient (Wildman–Crippen LogP) is 4.43. The van der Waals surface area contributed by atoms with Crippen LogP contribution in [0.4, 0.5) is 0 Å². The van der Waals surface area contributed by atoms with Gasteiger partial charge in [0, 0.05) is 11.8 Å². The summed E-state index contributed by atoms with van der Waals surface area (Å²) in [5.41, 5.74) is 2.84. The first-order valence-corrected chi connectivity index (χ1v) is 8.31. The molecule has 0 aliphatic heterocycles. The average Bonchev–Trinajstić information content (AvgIpc) is 2.43. The van der Waals surface area contributed by atoms with E-state index in [1.54, 1.807) is 0 Å². The number of thioether (sulfide) groups is 1. The summed E-state index contributed by atoms with van der Waals surface area (Å²) in [7, 11) is 2.06. The van der Waals surface area contributed by atoms with Gasteiger partial charge in [-0.05, 0) is 36.8 Å². The van der Waals surface area contributed by atoms with E-state index in [4.69, 9.17) is 0 Å². The highest BCUT2D eigenvalue weighted by atomic mass is 32.2. The van der Waals surface area contributed by atoms with Crippen LogP contribution < -0.4 is 5.32 Å². The molecule has 0 spiro atoms. The number of hydrogen-bond donors (Lipinski definition) is 1. The van der Waals surface area contributed by atoms with Gasteiger partial charge in [0.15, 0.2) is 0 Å². The van der Waals surface area contributed by atoms with Crippen LogP contribution in [0.2, 0.25) is 0 Å². The van der Waals surface area contributed by atoms with Crippen LogP contribution in [0.3, 0.4) is 0 Å². The Morgan fingerprint density at radius 1 is 1.11 bits per heavy atom. The van der Waals surface area contributed by atoms with Gasteiger partial charge in [-0.1, -0.05) is 51.0 Å². The van der Waals surface area contributed by atoms with Crippen LogP contribution in [0.5, 0.6) is 0 Å². The molecule has 0 aliphatic carbocycles. The van der Waals surface area contributed by atoms with Gasteiger partial charge in [0.05, 0.1) is 0 Å². The Balaban J connectivity index is 2.39. The Kier molecular flexibility index (Phi) is 8.19. The minimum Gasteiger partial charge on any atom is -0.312 e. The average molecular weight is 265 g/mol. The van der Waals surface area contributed by atoms with Gasteiger partial charge in [0.2, 0.25) is 0 Å². The zero-order valence-electron chi connectivity index (χ0n) is 12.0. The molecule has 0 saturated carbocycles. The third-order valence-electron chi connectivity index (χ3n) is 3.32. The van der Waals surface area contributed by atoms with Crippen molar-refractivity contribution in [2.45, 2.75) is 45.6 Å². The molecule has 0 fully saturated rings. The van der Waals surface area contributed by atoms with Gasteiger partial charge in [0.1, 0.15) is 0 Å². The second kappa shape index (κ2) is 9.46. The fourth-order valence-electron chi connectivity index (χ4n) is 1.99. The van der Waals surface area contributed by atoms with Gasteiger partial charge in [-0.15, -0.1) is 0 Å². The molecule has 0 radical (unpaired) electrons. The second-order valence-corrected chi connectivity index (χ2v) is 5.87. The van der Waals surface area contributed by atoms with Crippen molar-refractivity contribution < 1.29 is 0 Å². The number of benzene rings is 1. The van der Waals surface area contributed by atoms with Crippen molar-refractivity contribution in [1.82, 2.24) is 5.32 Å². The van der Waals surface area contributed by atoms with Crippen LogP contribution in [0.15, 0.2) is 24.3 Å². The number of rotatable bonds is 9. The minimum absolute atomic E-state index is 0.488. The smallest absolute Gasteiger partial charge is 0.0409 e. The van der Waals surface area contributed by atoms with Crippen LogP contribution >= 0.6 is 11.8 Å². The Labute approximate surface area is 117 Å². The van der Waals surface area contributed by atoms with Crippen LogP contribution in [-0.4, -0.2) is 18.6 Å². The maximum absolute atomic E-state index is 3.43. The van der Waals surface area contributed by atoms with Crippen LogP contribution in [-0.2, 0) is 6.42 Å². The molecular formula is C16H27NS. The highest BCUT2D eigenvalue weighted by Gasteiger charge is 2.08. The first kappa shape index (κ1) is 15.6. The molecule has 1 unspecified atom stereocenters. The summed E-state index contributed by atoms with van der Waals surface area (Å²) in [5, 5.41) is 3.43. The summed E-state index contributed by atoms with van der Waals surface area (Å²) in [6, 6.07) is 9.53. The summed E-state index contributed by atoms with van der Waals surface area (Å²) < 4.78 is 0. The summed E-state index contributed by atoms with van der Waals surface area (Å²) in [4.78, 5) is 0. The highest BCUT2D eigenvalue weighted by Crippen LogP contribution is 2.19. The highest BCUT2D eigenvalue weighted by molar-refractivity contribution is 7.99. The van der Waals surface area contributed by atoms with E-state index in [-0.39, 0.29) is 0 Å². The molecule has 0 bridgehead atoms. The quantitative estimate of drug-likeness (QED) is 0.663. The van der Waals surface area contributed by atoms with Crippen molar-refractivity contribution in [2.75, 3.05) is 18.6 Å². The van der Waals surface area contributed by atoms with E-state index in [0.29, 0.717) is 6.04 Å². The molecule has 1 aromatic rings. The maximum Gasteiger partial charge on any atom is 0.0409 e. The van der Waals surface area contributed by atoms with Crippen LogP contribution in [0.25, 0.3) is 0 Å². The fraction of sp³-hybridized carbons (Fsp3) is 0.625. The number of nitrogens with one attached hydrogen (secondary N) is 1. The van der Waals surface area contributed by atoms with Crippen molar-refractivity contribution >= 4 is 11.8 Å². The largest absolute Gasteiger partial charge is 0.312 e. The number of unbranched alkanes of at least 4 members (excludes halogenated alkanes) is 2. The van der Waals surface area contributed by atoms with Gasteiger partial charge < -0.3 is 5.32 Å². The number of aryl methyl sites for hydroxylation is 1. The number of hydrogen-bond acceptors (Lipinski definition) is 2. The molecule has 0 aliphatic rings. The normalized spacial score (nSPS) is 12.6. The SMILES string of the molecule is CCCCCSCC(NC)c1ccc(CC)cc1. The van der Waals surface area contributed by atoms with Gasteiger partial charge in [-0.2, -0.15) is 11.8 Å². The Morgan fingerprint density at radius 2 is 1.83 bits per heavy atom. The van der Waals surface area contributed by atoms with E-state index in [1.165, 1.54) is 41.9 Å². The topological polar surface area (TPSA) is 12.0 Å². The van der Waals surface area contributed by atoms with Crippen LogP contribution in [0, 0.1) is 0 Å². The third kappa shape index (κ3) is 5.45. The maximum atomic E-state index is 3.43. The lowest BCUT2D eigenvalue weighted by Gasteiger charge is -2.16. The molecule has 1 rings (SSSR count). The Bertz CT molecular complexity index is 307. The van der Waals surface area contributed by atoms with E-state index in [2.05, 4.69) is 62.2 Å². The predicted molar refractivity (Wildman–Crippen MR) is 84.5 cm³/mol. The molecule has 0 saturated heterocycles. The van der Waals surface area contributed by atoms with Gasteiger partial charge >= 0.3 is 0 Å². The van der Waals surface area contributed by atoms with Crippen LogP contribution in [0.1, 0.15) is 50.3 Å². The molecule has 18 heavy (non-hydrogen) atoms. The lowest BCUT2D eigenvalue weighted by atomic mass is 10.1. The van der Waals surface area contributed by atoms with Gasteiger partial charge in [-0.25, -0.2) is 0 Å². The zero-order valence-corrected chi connectivity index (χ0v) is 12.9. The molecule has 0 heterocycles. The molecule has 1 aromatic carbocycles. The molecule has 1 N–H and O–H groups in total. The van der Waals surface area contributed by atoms with E-state index in [9.17, 15) is 0 Å². The summed E-state index contributed by atoms with van der Waals surface area (Å²) in [6.07, 6.45) is 5.15. The first-order valence-electron chi connectivity index (χ1n) is 7.15. The van der Waals surface area contributed by atoms with E-state index in [0.717, 1.165) is 6.42 Å². The van der Waals surface area contributed by atoms with E-state index >= 15 is 0 Å². The molecular weight excluding hydrogens is 238 g/mol. The van der Waals surface area contributed by atoms with Gasteiger partial charge in [-0.3, -0.25) is 0 Å². The zero-order chi connectivity index (χ0) is 13.2. The van der Waals surface area contributed by atoms with Crippen molar-refractivity contribution in [3.05, 3.63) is 35.4 Å². The molecule has 1 atom stereocenters. The lowest BCUT2D eigenvalue weighted by molar-refractivity contribution is 0.660. The third-order valence-corrected chi connectivity index (χ3v) is 4.46. The van der Waals surface area contributed by atoms with Crippen molar-refractivity contribution in [3.8, 4) is 0 Å². The standard InChI is InChI=1S/C16H27NS/c1-4-6-7-12-18-13-16(17-3)15-10-8-14(5-2)9-11-15/h8-11,16-17H,4-7,12-13H2,1-3H3. The summed E-state index contributed by atoms with van der Waals surface area (Å²) in [6.45, 7) is 4.46. The van der Waals surface area contributed by atoms with Crippen molar-refractivity contribution in [3.63, 3.8) is 0 Å². The van der Waals surface area contributed by atoms with Gasteiger partial charge in [0.25, 0.3) is 0 Å². The molecule has 0 amide bonds. The van der Waals surface area contributed by atoms with E-state index < -0.39 is 0 Å². The van der Waals surface area contributed by atoms with Crippen molar-refractivity contribution in [1.29, 1.82) is 0 Å². The molecule has 102 valence electrons. The fourth-order valence-corrected chi connectivity index (χ4v) is 3.16. The lowest BCUT2D eigenvalue weighted by Crippen LogP contribution is -2.18. The Morgan fingerprint density at radius 3 is 2.39 bits per heavy atom. The molecule has 1 nitrogen and oxygen atoms in total. The van der Waals surface area contributed by atoms with E-state index in [1.807, 2.05) is 0 Å². The summed E-state index contributed by atoms with van der Waals surface area (Å²) in [5.74, 6) is 2.46. The summed E-state index contributed by atoms with van der Waals surface area (Å²) >= 11 is 2.07. The molecule has 2 heteroatoms. The first-order chi connectivity index (χ1) is 8.81. The second-order valence-electron chi connectivity index (χ2n) is 4.72. The van der Waals surface area contributed by atoms with Crippen molar-refractivity contribution in [2.24, 2.45) is 0 Å². The molecule has 0 aromatic heterocycles. The monoisotopic (exact) mass is 265 g/mol.